The Morgan fingerprint density at radius 1 is 0.529 bits per heavy atom. The van der Waals surface area contributed by atoms with E-state index in [2.05, 4.69) is 136 Å². The summed E-state index contributed by atoms with van der Waals surface area (Å²) < 4.78 is 0. The normalized spacial score (nSPS) is 12.1. The molecule has 1 heteroatoms. The molecule has 0 fully saturated rings. The molecule has 0 amide bonds. The number of hydrogen-bond acceptors (Lipinski definition) is 1. The standard InChI is InChI=1S/C33H29N/c1-22-10-11-23-13-20-29-30(21-14-24-12-19-28(22)31(23)32(24)29)34(26-8-6-5-7-9-26)27-17-15-25(16-18-27)33(2,3)4/h5-21H,1-4H3. The minimum Gasteiger partial charge on any atom is -0.310 e. The van der Waals surface area contributed by atoms with Crippen LogP contribution in [0.25, 0.3) is 32.3 Å². The molecule has 0 atom stereocenters. The first-order chi connectivity index (χ1) is 16.4. The Labute approximate surface area is 201 Å². The zero-order chi connectivity index (χ0) is 23.4. The molecule has 0 N–H and O–H groups in total. The van der Waals surface area contributed by atoms with Crippen molar-refractivity contribution in [2.75, 3.05) is 4.90 Å². The third kappa shape index (κ3) is 3.23. The Balaban J connectivity index is 1.65. The van der Waals surface area contributed by atoms with Gasteiger partial charge in [0.15, 0.2) is 0 Å². The van der Waals surface area contributed by atoms with Gasteiger partial charge >= 0.3 is 0 Å². The van der Waals surface area contributed by atoms with E-state index in [1.54, 1.807) is 0 Å². The maximum absolute atomic E-state index is 2.39. The molecule has 0 aliphatic carbocycles. The molecule has 34 heavy (non-hydrogen) atoms. The maximum atomic E-state index is 2.39. The van der Waals surface area contributed by atoms with Crippen LogP contribution in [-0.2, 0) is 5.41 Å². The third-order valence-corrected chi connectivity index (χ3v) is 7.11. The Hall–Kier alpha value is -3.84. The molecule has 0 saturated heterocycles. The van der Waals surface area contributed by atoms with Crippen molar-refractivity contribution in [1.29, 1.82) is 0 Å². The van der Waals surface area contributed by atoms with Gasteiger partial charge in [0, 0.05) is 16.8 Å². The van der Waals surface area contributed by atoms with Crippen molar-refractivity contribution >= 4 is 49.4 Å². The molecule has 1 nitrogen and oxygen atoms in total. The van der Waals surface area contributed by atoms with Gasteiger partial charge < -0.3 is 4.90 Å². The first-order valence-electron chi connectivity index (χ1n) is 12.0. The fourth-order valence-corrected chi connectivity index (χ4v) is 5.24. The van der Waals surface area contributed by atoms with E-state index >= 15 is 0 Å². The minimum atomic E-state index is 0.126. The first kappa shape index (κ1) is 20.7. The fourth-order valence-electron chi connectivity index (χ4n) is 5.24. The summed E-state index contributed by atoms with van der Waals surface area (Å²) in [7, 11) is 0. The van der Waals surface area contributed by atoms with Crippen molar-refractivity contribution in [2.45, 2.75) is 33.1 Å². The van der Waals surface area contributed by atoms with Crippen molar-refractivity contribution in [3.63, 3.8) is 0 Å². The molecule has 6 aromatic rings. The van der Waals surface area contributed by atoms with Crippen LogP contribution < -0.4 is 4.90 Å². The van der Waals surface area contributed by atoms with Crippen LogP contribution in [-0.4, -0.2) is 0 Å². The Kier molecular flexibility index (Phi) is 4.64. The smallest absolute Gasteiger partial charge is 0.0540 e. The molecular formula is C33H29N. The van der Waals surface area contributed by atoms with Crippen LogP contribution in [0.4, 0.5) is 17.1 Å². The van der Waals surface area contributed by atoms with E-state index in [0.29, 0.717) is 0 Å². The molecule has 0 aromatic heterocycles. The second-order valence-corrected chi connectivity index (χ2v) is 10.4. The van der Waals surface area contributed by atoms with Crippen LogP contribution in [0.15, 0.2) is 103 Å². The quantitative estimate of drug-likeness (QED) is 0.248. The van der Waals surface area contributed by atoms with Crippen LogP contribution >= 0.6 is 0 Å². The van der Waals surface area contributed by atoms with E-state index in [4.69, 9.17) is 0 Å². The van der Waals surface area contributed by atoms with Crippen molar-refractivity contribution in [3.05, 3.63) is 114 Å². The van der Waals surface area contributed by atoms with E-state index in [-0.39, 0.29) is 5.41 Å². The van der Waals surface area contributed by atoms with Crippen molar-refractivity contribution in [3.8, 4) is 0 Å². The van der Waals surface area contributed by atoms with Gasteiger partial charge in [-0.15, -0.1) is 0 Å². The molecule has 6 aromatic carbocycles. The maximum Gasteiger partial charge on any atom is 0.0540 e. The highest BCUT2D eigenvalue weighted by Gasteiger charge is 2.19. The first-order valence-corrected chi connectivity index (χ1v) is 12.0. The van der Waals surface area contributed by atoms with E-state index in [1.807, 2.05) is 0 Å². The fraction of sp³-hybridized carbons (Fsp3) is 0.152. The van der Waals surface area contributed by atoms with Gasteiger partial charge in [0.2, 0.25) is 0 Å². The van der Waals surface area contributed by atoms with E-state index < -0.39 is 0 Å². The van der Waals surface area contributed by atoms with Crippen LogP contribution in [0.1, 0.15) is 31.9 Å². The monoisotopic (exact) mass is 439 g/mol. The Morgan fingerprint density at radius 3 is 1.76 bits per heavy atom. The van der Waals surface area contributed by atoms with E-state index in [0.717, 1.165) is 5.69 Å². The van der Waals surface area contributed by atoms with Crippen LogP contribution in [0, 0.1) is 6.92 Å². The van der Waals surface area contributed by atoms with Crippen LogP contribution in [0.5, 0.6) is 0 Å². The average Bonchev–Trinajstić information content (AvgIpc) is 2.85. The highest BCUT2D eigenvalue weighted by atomic mass is 15.1. The van der Waals surface area contributed by atoms with Crippen molar-refractivity contribution < 1.29 is 0 Å². The molecular weight excluding hydrogens is 410 g/mol. The molecule has 0 aliphatic heterocycles. The number of nitrogens with zero attached hydrogens (tertiary/aromatic N) is 1. The predicted octanol–water partition coefficient (Wildman–Crippen LogP) is 9.66. The topological polar surface area (TPSA) is 3.24 Å². The summed E-state index contributed by atoms with van der Waals surface area (Å²) in [5.41, 5.74) is 6.34. The van der Waals surface area contributed by atoms with Crippen molar-refractivity contribution in [2.24, 2.45) is 0 Å². The molecule has 166 valence electrons. The lowest BCUT2D eigenvalue weighted by molar-refractivity contribution is 0.590. The number of para-hydroxylation sites is 1. The molecule has 0 bridgehead atoms. The van der Waals surface area contributed by atoms with Crippen molar-refractivity contribution in [1.82, 2.24) is 0 Å². The molecule has 0 saturated carbocycles. The summed E-state index contributed by atoms with van der Waals surface area (Å²) in [6.07, 6.45) is 0. The van der Waals surface area contributed by atoms with Gasteiger partial charge in [0.1, 0.15) is 0 Å². The summed E-state index contributed by atoms with van der Waals surface area (Å²) in [6.45, 7) is 9.00. The second-order valence-electron chi connectivity index (χ2n) is 10.4. The lowest BCUT2D eigenvalue weighted by Crippen LogP contribution is -2.13. The Bertz CT molecular complexity index is 1620. The second kappa shape index (κ2) is 7.60. The molecule has 0 radical (unpaired) electrons. The number of anilines is 3. The van der Waals surface area contributed by atoms with Gasteiger partial charge in [-0.05, 0) is 80.7 Å². The zero-order valence-corrected chi connectivity index (χ0v) is 20.3. The van der Waals surface area contributed by atoms with Gasteiger partial charge in [-0.1, -0.05) is 93.6 Å². The van der Waals surface area contributed by atoms with Gasteiger partial charge in [-0.2, -0.15) is 0 Å². The number of aryl methyl sites for hydroxylation is 1. The number of benzene rings is 6. The summed E-state index contributed by atoms with van der Waals surface area (Å²) in [5, 5.41) is 7.94. The minimum absolute atomic E-state index is 0.126. The van der Waals surface area contributed by atoms with Crippen LogP contribution in [0.2, 0.25) is 0 Å². The molecule has 0 unspecified atom stereocenters. The highest BCUT2D eigenvalue weighted by molar-refractivity contribution is 6.26. The number of rotatable bonds is 3. The number of hydrogen-bond donors (Lipinski definition) is 0. The summed E-state index contributed by atoms with van der Waals surface area (Å²) >= 11 is 0. The van der Waals surface area contributed by atoms with E-state index in [9.17, 15) is 0 Å². The van der Waals surface area contributed by atoms with Gasteiger partial charge in [-0.3, -0.25) is 0 Å². The Morgan fingerprint density at radius 2 is 1.09 bits per heavy atom. The SMILES string of the molecule is Cc1ccc2ccc3c(N(c4ccccc4)c4ccc(C(C)(C)C)cc4)ccc4ccc1c2c43. The van der Waals surface area contributed by atoms with Gasteiger partial charge in [0.05, 0.1) is 5.69 Å². The summed E-state index contributed by atoms with van der Waals surface area (Å²) in [5.74, 6) is 0. The predicted molar refractivity (Wildman–Crippen MR) is 148 cm³/mol. The molecule has 0 spiro atoms. The zero-order valence-electron chi connectivity index (χ0n) is 20.3. The lowest BCUT2D eigenvalue weighted by atomic mass is 9.87. The average molecular weight is 440 g/mol. The highest BCUT2D eigenvalue weighted by Crippen LogP contribution is 2.44. The van der Waals surface area contributed by atoms with E-state index in [1.165, 1.54) is 54.8 Å². The molecule has 6 rings (SSSR count). The summed E-state index contributed by atoms with van der Waals surface area (Å²) in [4.78, 5) is 2.39. The third-order valence-electron chi connectivity index (χ3n) is 7.11. The molecule has 0 heterocycles. The van der Waals surface area contributed by atoms with Gasteiger partial charge in [0.25, 0.3) is 0 Å². The molecule has 0 aliphatic rings. The summed E-state index contributed by atoms with van der Waals surface area (Å²) in [6, 6.07) is 37.9. The van der Waals surface area contributed by atoms with Gasteiger partial charge in [-0.25, -0.2) is 0 Å². The largest absolute Gasteiger partial charge is 0.310 e. The van der Waals surface area contributed by atoms with Crippen LogP contribution in [0.3, 0.4) is 0 Å². The lowest BCUT2D eigenvalue weighted by Gasteiger charge is -2.28.